The Bertz CT molecular complexity index is 1470. The van der Waals surface area contributed by atoms with E-state index in [1.165, 1.54) is 76.2 Å². The van der Waals surface area contributed by atoms with E-state index < -0.39 is 0 Å². The van der Waals surface area contributed by atoms with Crippen molar-refractivity contribution in [2.75, 3.05) is 33.4 Å². The molecule has 0 saturated heterocycles. The highest BCUT2D eigenvalue weighted by atomic mass is 19.1. The highest BCUT2D eigenvalue weighted by Crippen LogP contribution is 2.55. The number of rotatable bonds is 27. The van der Waals surface area contributed by atoms with Gasteiger partial charge in [-0.15, -0.1) is 0 Å². The molecular weight excluding hydrogens is 876 g/mol. The first-order valence-corrected chi connectivity index (χ1v) is 30.5. The first-order chi connectivity index (χ1) is 33.0. The van der Waals surface area contributed by atoms with E-state index in [9.17, 15) is 13.2 Å². The zero-order valence-electron chi connectivity index (χ0n) is 48.0. The Morgan fingerprint density at radius 2 is 0.757 bits per heavy atom. The summed E-state index contributed by atoms with van der Waals surface area (Å²) >= 11 is 0. The molecule has 0 spiro atoms. The summed E-state index contributed by atoms with van der Waals surface area (Å²) in [4.78, 5) is 0. The van der Waals surface area contributed by atoms with Crippen molar-refractivity contribution in [3.05, 3.63) is 12.2 Å². The normalized spacial score (nSPS) is 32.0. The number of allylic oxidation sites excluding steroid dienone is 1. The molecule has 5 heteroatoms. The average Bonchev–Trinajstić information content (AvgIpc) is 3.35. The van der Waals surface area contributed by atoms with Gasteiger partial charge in [-0.1, -0.05) is 81.4 Å². The van der Waals surface area contributed by atoms with Gasteiger partial charge in [-0.05, 0) is 297 Å². The van der Waals surface area contributed by atoms with Crippen LogP contribution in [0.25, 0.3) is 0 Å². The van der Waals surface area contributed by atoms with Gasteiger partial charge in [0.25, 0.3) is 0 Å². The summed E-state index contributed by atoms with van der Waals surface area (Å²) in [5, 5.41) is 0. The first kappa shape index (κ1) is 60.3. The third-order valence-corrected chi connectivity index (χ3v) is 23.2. The van der Waals surface area contributed by atoms with Crippen LogP contribution in [0.5, 0.6) is 0 Å². The van der Waals surface area contributed by atoms with Crippen LogP contribution < -0.4 is 0 Å². The Morgan fingerprint density at radius 3 is 1.16 bits per heavy atom. The Balaban J connectivity index is 1.22. The molecule has 0 aromatic heterocycles. The lowest BCUT2D eigenvalue weighted by atomic mass is 9.58. The lowest BCUT2D eigenvalue weighted by molar-refractivity contribution is 0.0209. The molecule has 0 aromatic carbocycles. The molecule has 0 heterocycles. The lowest BCUT2D eigenvalue weighted by Gasteiger charge is -2.48. The molecule has 0 aromatic rings. The van der Waals surface area contributed by atoms with Gasteiger partial charge >= 0.3 is 0 Å². The fraction of sp³-hybridized carbons (Fsp3) is 0.969. The fourth-order valence-corrected chi connectivity index (χ4v) is 17.4. The molecule has 0 radical (unpaired) electrons. The van der Waals surface area contributed by atoms with Crippen LogP contribution in [0.2, 0.25) is 0 Å². The molecule has 5 fully saturated rings. The zero-order chi connectivity index (χ0) is 51.5. The molecule has 5 aliphatic rings. The smallest absolute Gasteiger partial charge is 0.0947 e. The minimum Gasteiger partial charge on any atom is -0.251 e. The summed E-state index contributed by atoms with van der Waals surface area (Å²) in [7, 11) is 0. The SMILES string of the molecule is C=C(C)C1CCC(C(C)(C)CCC(CF)C2CCC(C(C)(C)CC(CC(CCF)C3CCC(C(C)(C)CF)CC3)C3CCC(C(C)(C)CC(CF)C4CCC(C(C)(C)CCCF)CC4)CC3)CC2)CC1. The topological polar surface area (TPSA) is 0 Å². The first-order valence-electron chi connectivity index (χ1n) is 30.5. The molecule has 70 heavy (non-hydrogen) atoms. The molecule has 0 amide bonds. The van der Waals surface area contributed by atoms with Crippen molar-refractivity contribution in [2.24, 2.45) is 110 Å². The van der Waals surface area contributed by atoms with Crippen LogP contribution in [0.15, 0.2) is 12.2 Å². The average molecular weight is 992 g/mol. The van der Waals surface area contributed by atoms with Gasteiger partial charge in [0.15, 0.2) is 0 Å². The van der Waals surface area contributed by atoms with Crippen LogP contribution in [0.3, 0.4) is 0 Å². The van der Waals surface area contributed by atoms with Gasteiger partial charge in [0.05, 0.1) is 33.4 Å². The Hall–Kier alpha value is -0.610. The minimum atomic E-state index is -0.276. The van der Waals surface area contributed by atoms with Gasteiger partial charge in [0.1, 0.15) is 0 Å². The second-order valence-electron chi connectivity index (χ2n) is 29.7. The van der Waals surface area contributed by atoms with Gasteiger partial charge in [-0.25, -0.2) is 0 Å². The van der Waals surface area contributed by atoms with Crippen molar-refractivity contribution in [1.29, 1.82) is 0 Å². The molecule has 5 rings (SSSR count). The van der Waals surface area contributed by atoms with E-state index in [0.717, 1.165) is 102 Å². The monoisotopic (exact) mass is 991 g/mol. The molecule has 4 unspecified atom stereocenters. The van der Waals surface area contributed by atoms with Gasteiger partial charge in [0.2, 0.25) is 0 Å². The van der Waals surface area contributed by atoms with Crippen molar-refractivity contribution in [3.8, 4) is 0 Å². The van der Waals surface area contributed by atoms with Gasteiger partial charge in [-0.2, -0.15) is 0 Å². The van der Waals surface area contributed by atoms with E-state index >= 15 is 8.78 Å². The highest BCUT2D eigenvalue weighted by molar-refractivity contribution is 5.00. The molecule has 0 N–H and O–H groups in total. The standard InChI is InChI=1S/C65H115F5/c1-46(2)47-14-24-57(25-15-47)62(5,6)37-34-53(43-68)49-18-28-58(29-19-49)63(7,8)41-54(40-52(35-39-67)48-16-32-60(33-17-48)65(11,12)45-70)50-20-30-59(31-21-50)64(9,10)42-55(44-69)51-22-26-56(27-23-51)61(3,4)36-13-38-66/h47-60H,1,13-45H2,2-12H3. The highest BCUT2D eigenvalue weighted by Gasteiger charge is 2.45. The lowest BCUT2D eigenvalue weighted by Crippen LogP contribution is -2.38. The quantitative estimate of drug-likeness (QED) is 0.0568. The maximum atomic E-state index is 15.1. The van der Waals surface area contributed by atoms with Crippen LogP contribution in [0, 0.1) is 110 Å². The largest absolute Gasteiger partial charge is 0.251 e. The molecule has 0 aliphatic heterocycles. The summed E-state index contributed by atoms with van der Waals surface area (Å²) in [5.74, 6) is 7.04. The van der Waals surface area contributed by atoms with E-state index in [1.807, 2.05) is 0 Å². The molecule has 5 aliphatic carbocycles. The molecule has 0 nitrogen and oxygen atoms in total. The number of hydrogen-bond acceptors (Lipinski definition) is 0. The van der Waals surface area contributed by atoms with E-state index in [2.05, 4.69) is 82.7 Å². The molecule has 0 bridgehead atoms. The third-order valence-electron chi connectivity index (χ3n) is 23.2. The van der Waals surface area contributed by atoms with Gasteiger partial charge in [0, 0.05) is 0 Å². The molecular formula is C65H115F5. The number of hydrogen-bond donors (Lipinski definition) is 0. The predicted octanol–water partition coefficient (Wildman–Crippen LogP) is 21.2. The van der Waals surface area contributed by atoms with Crippen LogP contribution in [0.1, 0.15) is 256 Å². The predicted molar refractivity (Wildman–Crippen MR) is 292 cm³/mol. The van der Waals surface area contributed by atoms with E-state index in [1.54, 1.807) is 0 Å². The minimum absolute atomic E-state index is 0.0898. The Kier molecular flexibility index (Phi) is 23.2. The second-order valence-corrected chi connectivity index (χ2v) is 29.7. The summed E-state index contributed by atoms with van der Waals surface area (Å²) in [6.45, 7) is 29.1. The van der Waals surface area contributed by atoms with Crippen LogP contribution in [0.4, 0.5) is 22.0 Å². The molecule has 4 atom stereocenters. The van der Waals surface area contributed by atoms with E-state index in [0.29, 0.717) is 77.9 Å². The Labute approximate surface area is 431 Å². The summed E-state index contributed by atoms with van der Waals surface area (Å²) in [6.07, 6.45) is 31.2. The third kappa shape index (κ3) is 16.4. The maximum absolute atomic E-state index is 15.1. The summed E-state index contributed by atoms with van der Waals surface area (Å²) in [6, 6.07) is 0. The summed E-state index contributed by atoms with van der Waals surface area (Å²) in [5.41, 5.74) is 1.74. The van der Waals surface area contributed by atoms with Crippen LogP contribution in [-0.2, 0) is 0 Å². The fourth-order valence-electron chi connectivity index (χ4n) is 17.4. The number of alkyl halides is 5. The van der Waals surface area contributed by atoms with Crippen molar-refractivity contribution in [3.63, 3.8) is 0 Å². The number of halogens is 5. The Morgan fingerprint density at radius 1 is 0.400 bits per heavy atom. The molecule has 410 valence electrons. The van der Waals surface area contributed by atoms with Gasteiger partial charge in [-0.3, -0.25) is 22.0 Å². The van der Waals surface area contributed by atoms with Crippen molar-refractivity contribution < 1.29 is 22.0 Å². The second kappa shape index (κ2) is 26.9. The van der Waals surface area contributed by atoms with Crippen LogP contribution in [-0.4, -0.2) is 33.4 Å². The maximum Gasteiger partial charge on any atom is 0.0947 e. The van der Waals surface area contributed by atoms with E-state index in [-0.39, 0.29) is 72.3 Å². The zero-order valence-corrected chi connectivity index (χ0v) is 48.0. The van der Waals surface area contributed by atoms with Crippen LogP contribution >= 0.6 is 0 Å². The van der Waals surface area contributed by atoms with Crippen molar-refractivity contribution in [2.45, 2.75) is 256 Å². The summed E-state index contributed by atoms with van der Waals surface area (Å²) < 4.78 is 72.0. The van der Waals surface area contributed by atoms with Crippen molar-refractivity contribution in [1.82, 2.24) is 0 Å². The van der Waals surface area contributed by atoms with Crippen molar-refractivity contribution >= 4 is 0 Å². The van der Waals surface area contributed by atoms with Gasteiger partial charge < -0.3 is 0 Å². The molecule has 5 saturated carbocycles. The van der Waals surface area contributed by atoms with E-state index in [4.69, 9.17) is 0 Å².